The van der Waals surface area contributed by atoms with Crippen LogP contribution < -0.4 is 9.80 Å². The first-order valence-corrected chi connectivity index (χ1v) is 9.78. The quantitative estimate of drug-likeness (QED) is 0.781. The molecule has 0 aliphatic carbocycles. The summed E-state index contributed by atoms with van der Waals surface area (Å²) in [6, 6.07) is 4.64. The van der Waals surface area contributed by atoms with Crippen LogP contribution in [0.2, 0.25) is 0 Å². The van der Waals surface area contributed by atoms with Crippen molar-refractivity contribution in [3.05, 3.63) is 30.2 Å². The molecule has 0 unspecified atom stereocenters. The minimum absolute atomic E-state index is 0.514. The number of hydrogen-bond donors (Lipinski definition) is 0. The van der Waals surface area contributed by atoms with E-state index in [9.17, 15) is 0 Å². The number of piperidine rings is 1. The van der Waals surface area contributed by atoms with Crippen LogP contribution in [0.15, 0.2) is 24.5 Å². The lowest BCUT2D eigenvalue weighted by molar-refractivity contribution is 0.122. The summed E-state index contributed by atoms with van der Waals surface area (Å²) in [5, 5.41) is 4.27. The van der Waals surface area contributed by atoms with Crippen LogP contribution in [0.4, 0.5) is 11.8 Å². The SMILES string of the molecule is CN(c1ccnc(N2CCOCC2)n1)C1CCN(Cc2ccnn2C)CC1. The van der Waals surface area contributed by atoms with Gasteiger partial charge in [-0.1, -0.05) is 0 Å². The molecule has 8 heteroatoms. The number of aryl methyl sites for hydroxylation is 1. The molecule has 2 aromatic heterocycles. The minimum atomic E-state index is 0.514. The molecule has 2 aliphatic heterocycles. The Hall–Kier alpha value is -2.19. The Kier molecular flexibility index (Phi) is 5.54. The third-order valence-electron chi connectivity index (χ3n) is 5.70. The monoisotopic (exact) mass is 371 g/mol. The number of hydrogen-bond acceptors (Lipinski definition) is 7. The first kappa shape index (κ1) is 18.2. The van der Waals surface area contributed by atoms with Crippen LogP contribution in [-0.2, 0) is 18.3 Å². The maximum atomic E-state index is 5.43. The van der Waals surface area contributed by atoms with Gasteiger partial charge in [-0.25, -0.2) is 4.98 Å². The highest BCUT2D eigenvalue weighted by Crippen LogP contribution is 2.23. The van der Waals surface area contributed by atoms with Gasteiger partial charge in [0.05, 0.1) is 18.9 Å². The second-order valence-corrected chi connectivity index (χ2v) is 7.38. The summed E-state index contributed by atoms with van der Waals surface area (Å²) in [6.45, 7) is 6.39. The van der Waals surface area contributed by atoms with Gasteiger partial charge in [-0.2, -0.15) is 10.1 Å². The van der Waals surface area contributed by atoms with E-state index in [4.69, 9.17) is 9.72 Å². The van der Waals surface area contributed by atoms with Crippen LogP contribution in [0.25, 0.3) is 0 Å². The van der Waals surface area contributed by atoms with Gasteiger partial charge in [-0.3, -0.25) is 9.58 Å². The fourth-order valence-corrected chi connectivity index (χ4v) is 3.89. The molecular weight excluding hydrogens is 342 g/mol. The van der Waals surface area contributed by atoms with Gasteiger partial charge in [0, 0.05) is 65.3 Å². The van der Waals surface area contributed by atoms with E-state index >= 15 is 0 Å². The molecule has 2 aliphatic rings. The average molecular weight is 371 g/mol. The van der Waals surface area contributed by atoms with Gasteiger partial charge >= 0.3 is 0 Å². The smallest absolute Gasteiger partial charge is 0.227 e. The van der Waals surface area contributed by atoms with Crippen LogP contribution in [0.1, 0.15) is 18.5 Å². The zero-order chi connectivity index (χ0) is 18.6. The molecule has 4 rings (SSSR count). The molecule has 0 spiro atoms. The number of morpholine rings is 1. The first-order valence-electron chi connectivity index (χ1n) is 9.78. The Morgan fingerprint density at radius 2 is 1.89 bits per heavy atom. The number of nitrogens with zero attached hydrogens (tertiary/aromatic N) is 7. The number of likely N-dealkylation sites (tertiary alicyclic amines) is 1. The first-order chi connectivity index (χ1) is 13.2. The normalized spacial score (nSPS) is 19.4. The summed E-state index contributed by atoms with van der Waals surface area (Å²) in [5.41, 5.74) is 1.27. The van der Waals surface area contributed by atoms with Crippen molar-refractivity contribution in [2.75, 3.05) is 56.2 Å². The van der Waals surface area contributed by atoms with E-state index in [0.717, 1.165) is 70.5 Å². The van der Waals surface area contributed by atoms with Gasteiger partial charge < -0.3 is 14.5 Å². The maximum Gasteiger partial charge on any atom is 0.227 e. The van der Waals surface area contributed by atoms with E-state index in [1.807, 2.05) is 30.2 Å². The number of rotatable bonds is 5. The number of ether oxygens (including phenoxy) is 1. The molecular formula is C19H29N7O. The zero-order valence-electron chi connectivity index (χ0n) is 16.3. The van der Waals surface area contributed by atoms with Crippen molar-refractivity contribution < 1.29 is 4.74 Å². The molecule has 146 valence electrons. The van der Waals surface area contributed by atoms with Crippen LogP contribution in [0.3, 0.4) is 0 Å². The van der Waals surface area contributed by atoms with E-state index in [1.54, 1.807) is 0 Å². The largest absolute Gasteiger partial charge is 0.378 e. The van der Waals surface area contributed by atoms with Crippen molar-refractivity contribution in [3.8, 4) is 0 Å². The molecule has 8 nitrogen and oxygen atoms in total. The second-order valence-electron chi connectivity index (χ2n) is 7.38. The van der Waals surface area contributed by atoms with Crippen LogP contribution in [0, 0.1) is 0 Å². The zero-order valence-corrected chi connectivity index (χ0v) is 16.3. The molecule has 0 atom stereocenters. The van der Waals surface area contributed by atoms with E-state index < -0.39 is 0 Å². The van der Waals surface area contributed by atoms with Crippen LogP contribution in [0.5, 0.6) is 0 Å². The Morgan fingerprint density at radius 1 is 1.11 bits per heavy atom. The van der Waals surface area contributed by atoms with Crippen molar-refractivity contribution in [1.82, 2.24) is 24.6 Å². The fraction of sp³-hybridized carbons (Fsp3) is 0.632. The lowest BCUT2D eigenvalue weighted by Gasteiger charge is -2.37. The van der Waals surface area contributed by atoms with Gasteiger partial charge in [0.2, 0.25) is 5.95 Å². The highest BCUT2D eigenvalue weighted by Gasteiger charge is 2.24. The molecule has 0 aromatic carbocycles. The molecule has 2 fully saturated rings. The summed E-state index contributed by atoms with van der Waals surface area (Å²) in [4.78, 5) is 16.3. The third-order valence-corrected chi connectivity index (χ3v) is 5.70. The highest BCUT2D eigenvalue weighted by atomic mass is 16.5. The number of aromatic nitrogens is 4. The van der Waals surface area contributed by atoms with Crippen molar-refractivity contribution in [2.45, 2.75) is 25.4 Å². The molecule has 4 heterocycles. The summed E-state index contributed by atoms with van der Waals surface area (Å²) in [7, 11) is 4.17. The van der Waals surface area contributed by atoms with Gasteiger partial charge in [-0.15, -0.1) is 0 Å². The van der Waals surface area contributed by atoms with E-state index in [1.165, 1.54) is 5.69 Å². The lowest BCUT2D eigenvalue weighted by Crippen LogP contribution is -2.44. The van der Waals surface area contributed by atoms with Gasteiger partial charge in [0.1, 0.15) is 5.82 Å². The standard InChI is InChI=1S/C19H29N7O/c1-23(18-4-7-20-19(22-18)26-11-13-27-14-12-26)16-5-9-25(10-6-16)15-17-3-8-21-24(17)2/h3-4,7-8,16H,5-6,9-15H2,1-2H3. The topological polar surface area (TPSA) is 62.6 Å². The molecule has 27 heavy (non-hydrogen) atoms. The Balaban J connectivity index is 1.35. The van der Waals surface area contributed by atoms with E-state index in [-0.39, 0.29) is 0 Å². The molecule has 2 aromatic rings. The van der Waals surface area contributed by atoms with E-state index in [0.29, 0.717) is 6.04 Å². The molecule has 0 N–H and O–H groups in total. The lowest BCUT2D eigenvalue weighted by atomic mass is 10.0. The summed E-state index contributed by atoms with van der Waals surface area (Å²) < 4.78 is 7.40. The van der Waals surface area contributed by atoms with Crippen molar-refractivity contribution in [2.24, 2.45) is 7.05 Å². The molecule has 0 saturated carbocycles. The third kappa shape index (κ3) is 4.22. The van der Waals surface area contributed by atoms with Gasteiger partial charge in [-0.05, 0) is 25.0 Å². The molecule has 0 amide bonds. The summed E-state index contributed by atoms with van der Waals surface area (Å²) >= 11 is 0. The highest BCUT2D eigenvalue weighted by molar-refractivity contribution is 5.44. The van der Waals surface area contributed by atoms with Crippen molar-refractivity contribution >= 4 is 11.8 Å². The Morgan fingerprint density at radius 3 is 2.59 bits per heavy atom. The minimum Gasteiger partial charge on any atom is -0.378 e. The Labute approximate surface area is 160 Å². The Bertz CT molecular complexity index is 735. The molecule has 0 bridgehead atoms. The van der Waals surface area contributed by atoms with Gasteiger partial charge in [0.25, 0.3) is 0 Å². The second kappa shape index (κ2) is 8.22. The molecule has 2 saturated heterocycles. The van der Waals surface area contributed by atoms with Crippen LogP contribution in [-0.4, -0.2) is 77.1 Å². The average Bonchev–Trinajstić information content (AvgIpc) is 3.13. The van der Waals surface area contributed by atoms with E-state index in [2.05, 4.69) is 37.9 Å². The predicted molar refractivity (Wildman–Crippen MR) is 105 cm³/mol. The number of anilines is 2. The molecule has 0 radical (unpaired) electrons. The maximum absolute atomic E-state index is 5.43. The summed E-state index contributed by atoms with van der Waals surface area (Å²) in [5.74, 6) is 1.83. The predicted octanol–water partition coefficient (Wildman–Crippen LogP) is 1.15. The van der Waals surface area contributed by atoms with Gasteiger partial charge in [0.15, 0.2) is 0 Å². The van der Waals surface area contributed by atoms with Crippen molar-refractivity contribution in [3.63, 3.8) is 0 Å². The fourth-order valence-electron chi connectivity index (χ4n) is 3.89. The van der Waals surface area contributed by atoms with Crippen LogP contribution >= 0.6 is 0 Å². The van der Waals surface area contributed by atoms with Crippen molar-refractivity contribution in [1.29, 1.82) is 0 Å². The summed E-state index contributed by atoms with van der Waals surface area (Å²) in [6.07, 6.45) is 6.04.